The van der Waals surface area contributed by atoms with Crippen LogP contribution in [0.4, 0.5) is 0 Å². The van der Waals surface area contributed by atoms with Crippen molar-refractivity contribution in [3.8, 4) is 0 Å². The number of carbonyl (C=O) groups excluding carboxylic acids is 2. The average molecular weight is 222 g/mol. The van der Waals surface area contributed by atoms with Crippen LogP contribution < -0.4 is 0 Å². The largest absolute Gasteiger partial charge is 0.302 e. The topological polar surface area (TPSA) is 34.1 Å². The molecule has 2 rings (SSSR count). The van der Waals surface area contributed by atoms with Gasteiger partial charge in [-0.25, -0.2) is 0 Å². The van der Waals surface area contributed by atoms with Gasteiger partial charge >= 0.3 is 0 Å². The molecule has 0 saturated heterocycles. The van der Waals surface area contributed by atoms with Crippen LogP contribution in [0.5, 0.6) is 0 Å². The van der Waals surface area contributed by atoms with Crippen LogP contribution in [0.1, 0.15) is 57.8 Å². The lowest BCUT2D eigenvalue weighted by Crippen LogP contribution is -2.33. The second-order valence-corrected chi connectivity index (χ2v) is 5.70. The fraction of sp³-hybridized carbons (Fsp3) is 0.857. The molecule has 90 valence electrons. The number of aldehydes is 2. The Hall–Kier alpha value is -0.660. The Balaban J connectivity index is 1.88. The first-order valence-corrected chi connectivity index (χ1v) is 6.72. The minimum absolute atomic E-state index is 0.620. The van der Waals surface area contributed by atoms with Crippen molar-refractivity contribution in [3.63, 3.8) is 0 Å². The van der Waals surface area contributed by atoms with Crippen molar-refractivity contribution < 1.29 is 9.59 Å². The highest BCUT2D eigenvalue weighted by molar-refractivity contribution is 5.83. The highest BCUT2D eigenvalue weighted by Gasteiger charge is 2.37. The first-order chi connectivity index (χ1) is 7.79. The Morgan fingerprint density at radius 3 is 1.75 bits per heavy atom. The minimum Gasteiger partial charge on any atom is -0.302 e. The number of hydrogen-bond acceptors (Lipinski definition) is 2. The maximum Gasteiger partial charge on any atom is 0.133 e. The van der Waals surface area contributed by atoms with E-state index >= 15 is 0 Å². The van der Waals surface area contributed by atoms with E-state index in [4.69, 9.17) is 0 Å². The Bertz CT molecular complexity index is 235. The maximum absolute atomic E-state index is 11.0. The lowest BCUT2D eigenvalue weighted by molar-refractivity contribution is -0.129. The van der Waals surface area contributed by atoms with E-state index in [0.717, 1.165) is 50.1 Å². The summed E-state index contributed by atoms with van der Waals surface area (Å²) < 4.78 is 0. The van der Waals surface area contributed by atoms with Gasteiger partial charge < -0.3 is 9.59 Å². The molecule has 2 saturated carbocycles. The summed E-state index contributed by atoms with van der Waals surface area (Å²) in [6, 6.07) is 0. The summed E-state index contributed by atoms with van der Waals surface area (Å²) >= 11 is 0. The molecule has 0 atom stereocenters. The van der Waals surface area contributed by atoms with Gasteiger partial charge in [-0.1, -0.05) is 32.1 Å². The second kappa shape index (κ2) is 5.11. The molecule has 0 aromatic rings. The molecule has 2 nitrogen and oxygen atoms in total. The van der Waals surface area contributed by atoms with Crippen molar-refractivity contribution in [2.75, 3.05) is 0 Å². The minimum atomic E-state index is -0.620. The molecule has 0 radical (unpaired) electrons. The molecular formula is C14H22O2. The third-order valence-corrected chi connectivity index (χ3v) is 4.75. The maximum atomic E-state index is 11.0. The van der Waals surface area contributed by atoms with Gasteiger partial charge in [-0.05, 0) is 37.5 Å². The molecule has 16 heavy (non-hydrogen) atoms. The smallest absolute Gasteiger partial charge is 0.133 e. The van der Waals surface area contributed by atoms with Crippen LogP contribution in [0.25, 0.3) is 0 Å². The zero-order valence-electron chi connectivity index (χ0n) is 9.99. The molecule has 0 aromatic carbocycles. The van der Waals surface area contributed by atoms with Crippen molar-refractivity contribution in [2.45, 2.75) is 57.8 Å². The zero-order valence-corrected chi connectivity index (χ0v) is 9.99. The molecule has 0 aliphatic heterocycles. The van der Waals surface area contributed by atoms with Crippen molar-refractivity contribution in [1.29, 1.82) is 0 Å². The van der Waals surface area contributed by atoms with Crippen LogP contribution in [0, 0.1) is 17.3 Å². The van der Waals surface area contributed by atoms with E-state index in [9.17, 15) is 9.59 Å². The summed E-state index contributed by atoms with van der Waals surface area (Å²) in [6.07, 6.45) is 12.4. The predicted molar refractivity (Wildman–Crippen MR) is 63.1 cm³/mol. The van der Waals surface area contributed by atoms with E-state index in [1.165, 1.54) is 32.1 Å². The summed E-state index contributed by atoms with van der Waals surface area (Å²) in [7, 11) is 0. The third-order valence-electron chi connectivity index (χ3n) is 4.75. The number of rotatable bonds is 3. The van der Waals surface area contributed by atoms with E-state index in [2.05, 4.69) is 0 Å². The SMILES string of the molecule is O=CC1(C=O)CCC(C2CCCCC2)CC1. The summed E-state index contributed by atoms with van der Waals surface area (Å²) in [5.74, 6) is 1.67. The van der Waals surface area contributed by atoms with Gasteiger partial charge in [-0.3, -0.25) is 0 Å². The van der Waals surface area contributed by atoms with E-state index in [1.807, 2.05) is 0 Å². The standard InChI is InChI=1S/C14H22O2/c15-10-14(11-16)8-6-13(7-9-14)12-4-2-1-3-5-12/h10-13H,1-9H2. The third kappa shape index (κ3) is 2.36. The number of hydrogen-bond donors (Lipinski definition) is 0. The lowest BCUT2D eigenvalue weighted by atomic mass is 9.66. The predicted octanol–water partition coefficient (Wildman–Crippen LogP) is 3.14. The molecule has 0 bridgehead atoms. The quantitative estimate of drug-likeness (QED) is 0.543. The van der Waals surface area contributed by atoms with E-state index < -0.39 is 5.41 Å². The molecule has 2 fully saturated rings. The molecule has 0 aromatic heterocycles. The van der Waals surface area contributed by atoms with Crippen LogP contribution in [0.3, 0.4) is 0 Å². The van der Waals surface area contributed by atoms with Gasteiger partial charge in [0.05, 0.1) is 5.41 Å². The van der Waals surface area contributed by atoms with Gasteiger partial charge in [0, 0.05) is 0 Å². The molecular weight excluding hydrogens is 200 g/mol. The van der Waals surface area contributed by atoms with Crippen LogP contribution in [-0.4, -0.2) is 12.6 Å². The lowest BCUT2D eigenvalue weighted by Gasteiger charge is -2.37. The van der Waals surface area contributed by atoms with Gasteiger partial charge in [0.2, 0.25) is 0 Å². The summed E-state index contributed by atoms with van der Waals surface area (Å²) in [6.45, 7) is 0. The molecule has 0 unspecified atom stereocenters. The highest BCUT2D eigenvalue weighted by atomic mass is 16.1. The van der Waals surface area contributed by atoms with Gasteiger partial charge in [-0.15, -0.1) is 0 Å². The first-order valence-electron chi connectivity index (χ1n) is 6.72. The molecule has 0 N–H and O–H groups in total. The van der Waals surface area contributed by atoms with Crippen LogP contribution in [0.15, 0.2) is 0 Å². The summed E-state index contributed by atoms with van der Waals surface area (Å²) in [5, 5.41) is 0. The van der Waals surface area contributed by atoms with Crippen molar-refractivity contribution >= 4 is 12.6 Å². The van der Waals surface area contributed by atoms with E-state index in [1.54, 1.807) is 0 Å². The molecule has 0 spiro atoms. The van der Waals surface area contributed by atoms with Crippen molar-refractivity contribution in [1.82, 2.24) is 0 Å². The van der Waals surface area contributed by atoms with Crippen molar-refractivity contribution in [2.24, 2.45) is 17.3 Å². The van der Waals surface area contributed by atoms with Gasteiger partial charge in [0.1, 0.15) is 12.6 Å². The molecule has 2 aliphatic carbocycles. The van der Waals surface area contributed by atoms with Crippen LogP contribution in [-0.2, 0) is 9.59 Å². The Morgan fingerprint density at radius 2 is 1.25 bits per heavy atom. The Kier molecular flexibility index (Phi) is 3.78. The molecule has 0 amide bonds. The fourth-order valence-corrected chi connectivity index (χ4v) is 3.52. The van der Waals surface area contributed by atoms with Crippen molar-refractivity contribution in [3.05, 3.63) is 0 Å². The Labute approximate surface area is 97.8 Å². The Morgan fingerprint density at radius 1 is 0.750 bits per heavy atom. The zero-order chi connectivity index (χ0) is 11.4. The average Bonchev–Trinajstić information content (AvgIpc) is 2.40. The second-order valence-electron chi connectivity index (χ2n) is 5.70. The van der Waals surface area contributed by atoms with Crippen LogP contribution >= 0.6 is 0 Å². The van der Waals surface area contributed by atoms with Gasteiger partial charge in [-0.2, -0.15) is 0 Å². The van der Waals surface area contributed by atoms with Gasteiger partial charge in [0.15, 0.2) is 0 Å². The molecule has 2 aliphatic rings. The van der Waals surface area contributed by atoms with Crippen LogP contribution in [0.2, 0.25) is 0 Å². The normalized spacial score (nSPS) is 27.5. The molecule has 0 heterocycles. The summed E-state index contributed by atoms with van der Waals surface area (Å²) in [5.41, 5.74) is -0.620. The van der Waals surface area contributed by atoms with E-state index in [0.29, 0.717) is 0 Å². The fourth-order valence-electron chi connectivity index (χ4n) is 3.52. The number of carbonyl (C=O) groups is 2. The van der Waals surface area contributed by atoms with Gasteiger partial charge in [0.25, 0.3) is 0 Å². The highest BCUT2D eigenvalue weighted by Crippen LogP contribution is 2.43. The monoisotopic (exact) mass is 222 g/mol. The molecule has 2 heteroatoms. The van der Waals surface area contributed by atoms with E-state index in [-0.39, 0.29) is 0 Å². The summed E-state index contributed by atoms with van der Waals surface area (Å²) in [4.78, 5) is 21.9. The first kappa shape index (κ1) is 11.8.